The summed E-state index contributed by atoms with van der Waals surface area (Å²) in [6.45, 7) is 1.96. The summed E-state index contributed by atoms with van der Waals surface area (Å²) in [6.07, 6.45) is 0.741. The third kappa shape index (κ3) is 2.46. The molecule has 0 aliphatic heterocycles. The molecule has 0 atom stereocenters. The van der Waals surface area contributed by atoms with Crippen LogP contribution in [0.1, 0.15) is 18.6 Å². The van der Waals surface area contributed by atoms with Gasteiger partial charge >= 0.3 is 0 Å². The summed E-state index contributed by atoms with van der Waals surface area (Å²) < 4.78 is 4.96. The number of aryl methyl sites for hydroxylation is 1. The van der Waals surface area contributed by atoms with Crippen molar-refractivity contribution in [1.29, 1.82) is 0 Å². The van der Waals surface area contributed by atoms with E-state index in [1.54, 1.807) is 0 Å². The van der Waals surface area contributed by atoms with Crippen molar-refractivity contribution in [2.75, 3.05) is 5.73 Å². The Morgan fingerprint density at radius 1 is 1.47 bits per heavy atom. The van der Waals surface area contributed by atoms with Crippen LogP contribution in [-0.4, -0.2) is 25.3 Å². The van der Waals surface area contributed by atoms with Crippen LogP contribution in [0.15, 0.2) is 9.68 Å². The Bertz CT molecular complexity index is 438. The largest absolute Gasteiger partial charge is 0.368 e. The molecule has 0 aliphatic carbocycles. The lowest BCUT2D eigenvalue weighted by Gasteiger charge is -1.88. The second-order valence-corrected chi connectivity index (χ2v) is 3.69. The highest BCUT2D eigenvalue weighted by Gasteiger charge is 2.07. The van der Waals surface area contributed by atoms with Crippen LogP contribution in [0.4, 0.5) is 5.95 Å². The molecule has 8 heteroatoms. The second-order valence-electron chi connectivity index (χ2n) is 2.75. The van der Waals surface area contributed by atoms with Gasteiger partial charge in [0.1, 0.15) is 0 Å². The monoisotopic (exact) mass is 226 g/mol. The van der Waals surface area contributed by atoms with Gasteiger partial charge in [-0.3, -0.25) is 0 Å². The fourth-order valence-electron chi connectivity index (χ4n) is 0.944. The van der Waals surface area contributed by atoms with Crippen molar-refractivity contribution in [3.8, 4) is 0 Å². The predicted octanol–water partition coefficient (Wildman–Crippen LogP) is 0.625. The molecule has 0 aromatic carbocycles. The summed E-state index contributed by atoms with van der Waals surface area (Å²) in [5, 5.41) is 10.8. The molecule has 0 radical (unpaired) electrons. The Hall–Kier alpha value is -1.57. The molecular formula is C7H10N6OS. The molecule has 15 heavy (non-hydrogen) atoms. The topological polar surface area (TPSA) is 107 Å². The van der Waals surface area contributed by atoms with Crippen LogP contribution < -0.4 is 5.73 Å². The van der Waals surface area contributed by atoms with E-state index < -0.39 is 0 Å². The number of aromatic amines is 1. The lowest BCUT2D eigenvalue weighted by Crippen LogP contribution is -1.87. The van der Waals surface area contributed by atoms with Gasteiger partial charge in [-0.15, -0.1) is 5.10 Å². The van der Waals surface area contributed by atoms with Gasteiger partial charge < -0.3 is 10.3 Å². The number of thioether (sulfide) groups is 1. The highest BCUT2D eigenvalue weighted by Crippen LogP contribution is 2.17. The Morgan fingerprint density at radius 3 is 2.93 bits per heavy atom. The minimum atomic E-state index is 0.305. The van der Waals surface area contributed by atoms with E-state index in [1.165, 1.54) is 11.8 Å². The van der Waals surface area contributed by atoms with Crippen molar-refractivity contribution in [2.45, 2.75) is 24.3 Å². The van der Waals surface area contributed by atoms with Crippen LogP contribution >= 0.6 is 11.8 Å². The zero-order chi connectivity index (χ0) is 10.7. The first-order valence-corrected chi connectivity index (χ1v) is 5.38. The minimum Gasteiger partial charge on any atom is -0.368 e. The Balaban J connectivity index is 1.93. The van der Waals surface area contributed by atoms with Gasteiger partial charge in [0, 0.05) is 6.42 Å². The summed E-state index contributed by atoms with van der Waals surface area (Å²) >= 11 is 1.40. The first-order chi connectivity index (χ1) is 7.28. The van der Waals surface area contributed by atoms with Crippen LogP contribution in [0.2, 0.25) is 0 Å². The summed E-state index contributed by atoms with van der Waals surface area (Å²) in [5.74, 6) is 2.15. The van der Waals surface area contributed by atoms with Crippen LogP contribution in [-0.2, 0) is 12.2 Å². The molecule has 0 saturated carbocycles. The maximum absolute atomic E-state index is 5.38. The van der Waals surface area contributed by atoms with E-state index in [9.17, 15) is 0 Å². The Morgan fingerprint density at radius 2 is 2.33 bits per heavy atom. The highest BCUT2D eigenvalue weighted by molar-refractivity contribution is 7.98. The van der Waals surface area contributed by atoms with Crippen LogP contribution in [0.5, 0.6) is 0 Å². The van der Waals surface area contributed by atoms with E-state index >= 15 is 0 Å². The lowest BCUT2D eigenvalue weighted by molar-refractivity contribution is 0.378. The van der Waals surface area contributed by atoms with Gasteiger partial charge in [-0.25, -0.2) is 5.10 Å². The van der Waals surface area contributed by atoms with Crippen LogP contribution in [0, 0.1) is 0 Å². The highest BCUT2D eigenvalue weighted by atomic mass is 32.2. The molecule has 3 N–H and O–H groups in total. The zero-order valence-electron chi connectivity index (χ0n) is 8.10. The molecule has 2 heterocycles. The van der Waals surface area contributed by atoms with Gasteiger partial charge in [0.25, 0.3) is 0 Å². The fraction of sp³-hybridized carbons (Fsp3) is 0.429. The number of nitrogens with two attached hydrogens (primary N) is 1. The van der Waals surface area contributed by atoms with E-state index in [-0.39, 0.29) is 0 Å². The molecule has 2 aromatic heterocycles. The first kappa shape index (κ1) is 9.97. The van der Waals surface area contributed by atoms with Crippen molar-refractivity contribution >= 4 is 17.7 Å². The summed E-state index contributed by atoms with van der Waals surface area (Å²) in [5.41, 5.74) is 5.38. The van der Waals surface area contributed by atoms with Crippen molar-refractivity contribution in [3.63, 3.8) is 0 Å². The van der Waals surface area contributed by atoms with Gasteiger partial charge in [0.05, 0.1) is 5.75 Å². The number of hydrogen-bond acceptors (Lipinski definition) is 7. The Labute approximate surface area is 89.8 Å². The zero-order valence-corrected chi connectivity index (χ0v) is 8.91. The molecule has 7 nitrogen and oxygen atoms in total. The minimum absolute atomic E-state index is 0.305. The molecule has 0 fully saturated rings. The summed E-state index contributed by atoms with van der Waals surface area (Å²) in [4.78, 5) is 8.10. The predicted molar refractivity (Wildman–Crippen MR) is 54.0 cm³/mol. The van der Waals surface area contributed by atoms with E-state index in [4.69, 9.17) is 10.3 Å². The number of rotatable bonds is 4. The van der Waals surface area contributed by atoms with Gasteiger partial charge in [-0.2, -0.15) is 9.97 Å². The van der Waals surface area contributed by atoms with Crippen LogP contribution in [0.3, 0.4) is 0 Å². The summed E-state index contributed by atoms with van der Waals surface area (Å²) in [6, 6.07) is 0. The SMILES string of the molecule is CCc1nc(CSc2n[nH]c(N)n2)no1. The third-order valence-corrected chi connectivity index (χ3v) is 2.47. The molecule has 0 aliphatic rings. The quantitative estimate of drug-likeness (QED) is 0.736. The van der Waals surface area contributed by atoms with E-state index in [1.807, 2.05) is 6.92 Å². The molecule has 0 spiro atoms. The maximum atomic E-state index is 5.38. The molecule has 80 valence electrons. The lowest BCUT2D eigenvalue weighted by atomic mass is 10.5. The van der Waals surface area contributed by atoms with Crippen molar-refractivity contribution in [2.24, 2.45) is 0 Å². The number of nitrogens with one attached hydrogen (secondary N) is 1. The number of nitrogen functional groups attached to an aromatic ring is 1. The molecule has 2 rings (SSSR count). The van der Waals surface area contributed by atoms with Gasteiger partial charge in [0.15, 0.2) is 5.82 Å². The van der Waals surface area contributed by atoms with Crippen LogP contribution in [0.25, 0.3) is 0 Å². The molecule has 0 unspecified atom stereocenters. The fourth-order valence-corrected chi connectivity index (χ4v) is 1.59. The van der Waals surface area contributed by atoms with Crippen molar-refractivity contribution in [1.82, 2.24) is 25.3 Å². The maximum Gasteiger partial charge on any atom is 0.226 e. The number of aromatic nitrogens is 5. The summed E-state index contributed by atoms with van der Waals surface area (Å²) in [7, 11) is 0. The average Bonchev–Trinajstić information content (AvgIpc) is 2.83. The second kappa shape index (κ2) is 4.30. The smallest absolute Gasteiger partial charge is 0.226 e. The normalized spacial score (nSPS) is 10.7. The van der Waals surface area contributed by atoms with E-state index in [2.05, 4.69) is 25.3 Å². The first-order valence-electron chi connectivity index (χ1n) is 4.40. The van der Waals surface area contributed by atoms with E-state index in [0.717, 1.165) is 6.42 Å². The van der Waals surface area contributed by atoms with Crippen molar-refractivity contribution in [3.05, 3.63) is 11.7 Å². The van der Waals surface area contributed by atoms with Gasteiger partial charge in [-0.1, -0.05) is 23.8 Å². The molecule has 0 saturated heterocycles. The number of anilines is 1. The standard InChI is InChI=1S/C7H10N6OS/c1-2-5-9-4(13-14-5)3-15-7-10-6(8)11-12-7/h2-3H2,1H3,(H3,8,10,11,12). The molecule has 0 amide bonds. The molecular weight excluding hydrogens is 216 g/mol. The average molecular weight is 226 g/mol. The van der Waals surface area contributed by atoms with Gasteiger partial charge in [-0.05, 0) is 0 Å². The Kier molecular flexibility index (Phi) is 2.86. The molecule has 0 bridgehead atoms. The van der Waals surface area contributed by atoms with Crippen molar-refractivity contribution < 1.29 is 4.52 Å². The number of H-pyrrole nitrogens is 1. The van der Waals surface area contributed by atoms with E-state index in [0.29, 0.717) is 28.6 Å². The number of hydrogen-bond donors (Lipinski definition) is 2. The third-order valence-electron chi connectivity index (χ3n) is 1.63. The number of nitrogens with zero attached hydrogens (tertiary/aromatic N) is 4. The molecule has 2 aromatic rings. The van der Waals surface area contributed by atoms with Gasteiger partial charge in [0.2, 0.25) is 17.0 Å².